The molecule has 1 aromatic heterocycles. The van der Waals surface area contributed by atoms with Gasteiger partial charge in [-0.25, -0.2) is 9.18 Å². The van der Waals surface area contributed by atoms with E-state index in [2.05, 4.69) is 10.3 Å². The molecule has 2 fully saturated rings. The van der Waals surface area contributed by atoms with E-state index in [0.29, 0.717) is 17.8 Å². The first-order chi connectivity index (χ1) is 21.5. The zero-order valence-electron chi connectivity index (χ0n) is 24.3. The molecule has 2 aromatic carbocycles. The minimum atomic E-state index is -4.57. The van der Waals surface area contributed by atoms with Gasteiger partial charge < -0.3 is 15.0 Å². The van der Waals surface area contributed by atoms with Crippen molar-refractivity contribution < 1.29 is 36.7 Å². The number of carbonyl (C=O) groups excluding carboxylic acids is 3. The number of nitrogens with zero attached hydrogens (tertiary/aromatic N) is 3. The molecular weight excluding hydrogens is 616 g/mol. The Labute approximate surface area is 262 Å². The molecule has 3 heterocycles. The molecule has 45 heavy (non-hydrogen) atoms. The van der Waals surface area contributed by atoms with Crippen LogP contribution in [0.15, 0.2) is 66.9 Å². The smallest absolute Gasteiger partial charge is 0.407 e. The third kappa shape index (κ3) is 6.53. The van der Waals surface area contributed by atoms with Gasteiger partial charge in [0, 0.05) is 55.8 Å². The molecule has 2 saturated heterocycles. The average molecular weight is 647 g/mol. The molecule has 13 heteroatoms. The van der Waals surface area contributed by atoms with Crippen LogP contribution in [0.1, 0.15) is 47.3 Å². The molecule has 238 valence electrons. The van der Waals surface area contributed by atoms with Crippen LogP contribution in [0.2, 0.25) is 5.02 Å². The van der Waals surface area contributed by atoms with Crippen LogP contribution in [0.5, 0.6) is 5.75 Å². The van der Waals surface area contributed by atoms with E-state index in [1.54, 1.807) is 31.2 Å². The number of hydrogen-bond donors (Lipinski definition) is 1. The molecule has 0 saturated carbocycles. The quantitative estimate of drug-likeness (QED) is 0.319. The number of likely N-dealkylation sites (N-methyl/N-ethyl adjacent to an activating group) is 1. The molecule has 2 amide bonds. The molecular formula is C32H31ClF4N4O4. The summed E-state index contributed by atoms with van der Waals surface area (Å²) >= 11 is 6.14. The fourth-order valence-electron chi connectivity index (χ4n) is 6.26. The minimum absolute atomic E-state index is 0.0850. The van der Waals surface area contributed by atoms with E-state index < -0.39 is 46.9 Å². The summed E-state index contributed by atoms with van der Waals surface area (Å²) in [6, 6.07) is 14.4. The van der Waals surface area contributed by atoms with Crippen LogP contribution < -0.4 is 10.1 Å². The van der Waals surface area contributed by atoms with Crippen LogP contribution in [0, 0.1) is 11.7 Å². The lowest BCUT2D eigenvalue weighted by Gasteiger charge is -2.45. The summed E-state index contributed by atoms with van der Waals surface area (Å²) in [7, 11) is 0. The summed E-state index contributed by atoms with van der Waals surface area (Å²) in [5.41, 5.74) is -1.71. The standard InChI is InChI=1S/C32H31ClF4N4O4/c1-2-41(30(44)45-27-6-4-3-5-25(27)34)31(19-38-18-24(31)20-7-10-23(33)11-8-20)28(42)21-13-15-40(16-14-21)29(43)26-12-9-22(17-39-26)32(35,36)37/h3-12,17,21,24,38H,2,13-16,18-19H2,1H3/t24-,31+/m0/s1. The fraction of sp³-hybridized carbons (Fsp3) is 0.375. The van der Waals surface area contributed by atoms with E-state index in [9.17, 15) is 31.9 Å². The van der Waals surface area contributed by atoms with Crippen LogP contribution >= 0.6 is 11.6 Å². The zero-order valence-corrected chi connectivity index (χ0v) is 25.1. The second-order valence-electron chi connectivity index (χ2n) is 11.1. The van der Waals surface area contributed by atoms with E-state index in [1.165, 1.54) is 34.1 Å². The van der Waals surface area contributed by atoms with Gasteiger partial charge in [0.2, 0.25) is 0 Å². The number of halogens is 5. The summed E-state index contributed by atoms with van der Waals surface area (Å²) in [6.07, 6.45) is -4.30. The minimum Gasteiger partial charge on any atom is -0.407 e. The second kappa shape index (κ2) is 13.1. The summed E-state index contributed by atoms with van der Waals surface area (Å²) in [5, 5.41) is 3.78. The molecule has 2 aliphatic heterocycles. The second-order valence-corrected chi connectivity index (χ2v) is 11.5. The molecule has 0 bridgehead atoms. The molecule has 0 aliphatic carbocycles. The molecule has 2 aliphatic rings. The van der Waals surface area contributed by atoms with Gasteiger partial charge in [0.05, 0.1) is 5.56 Å². The number of amides is 2. The number of Topliss-reactive ketones (excluding diaryl/α,β-unsaturated/α-hetero) is 1. The molecule has 8 nitrogen and oxygen atoms in total. The van der Waals surface area contributed by atoms with Crippen molar-refractivity contribution in [2.75, 3.05) is 32.7 Å². The number of ketones is 1. The number of aromatic nitrogens is 1. The van der Waals surface area contributed by atoms with Gasteiger partial charge in [0.15, 0.2) is 17.3 Å². The molecule has 0 unspecified atom stereocenters. The largest absolute Gasteiger partial charge is 0.417 e. The van der Waals surface area contributed by atoms with Crippen LogP contribution in [0.25, 0.3) is 0 Å². The van der Waals surface area contributed by atoms with Crippen LogP contribution in [0.3, 0.4) is 0 Å². The Morgan fingerprint density at radius 2 is 1.76 bits per heavy atom. The van der Waals surface area contributed by atoms with Gasteiger partial charge >= 0.3 is 12.3 Å². The fourth-order valence-corrected chi connectivity index (χ4v) is 6.39. The Hall–Kier alpha value is -4.03. The van der Waals surface area contributed by atoms with Gasteiger partial charge in [-0.3, -0.25) is 19.5 Å². The number of nitrogens with one attached hydrogen (secondary N) is 1. The van der Waals surface area contributed by atoms with Crippen molar-refractivity contribution >= 4 is 29.4 Å². The Bertz CT molecular complexity index is 1550. The summed E-state index contributed by atoms with van der Waals surface area (Å²) in [5.74, 6) is -2.79. The normalized spacial score (nSPS) is 20.6. The molecule has 1 N–H and O–H groups in total. The predicted molar refractivity (Wildman–Crippen MR) is 157 cm³/mol. The van der Waals surface area contributed by atoms with Gasteiger partial charge in [-0.1, -0.05) is 35.9 Å². The van der Waals surface area contributed by atoms with Crippen molar-refractivity contribution in [3.8, 4) is 5.75 Å². The lowest BCUT2D eigenvalue weighted by Crippen LogP contribution is -2.64. The van der Waals surface area contributed by atoms with Gasteiger partial charge in [0.1, 0.15) is 11.2 Å². The first kappa shape index (κ1) is 32.4. The number of benzene rings is 2. The van der Waals surface area contributed by atoms with Crippen LogP contribution in [-0.4, -0.2) is 70.8 Å². The number of pyridine rings is 1. The number of hydrogen-bond acceptors (Lipinski definition) is 6. The molecule has 2 atom stereocenters. The van der Waals surface area contributed by atoms with Crippen LogP contribution in [0.4, 0.5) is 22.4 Å². The Morgan fingerprint density at radius 3 is 2.36 bits per heavy atom. The SMILES string of the molecule is CCN(C(=O)Oc1ccccc1F)[C@]1(C(=O)C2CCN(C(=O)c3ccc(C(F)(F)F)cn3)CC2)CNC[C@H]1c1ccc(Cl)cc1. The van der Waals surface area contributed by atoms with Crippen molar-refractivity contribution in [2.45, 2.75) is 37.4 Å². The van der Waals surface area contributed by atoms with Gasteiger partial charge in [-0.05, 0) is 61.7 Å². The van der Waals surface area contributed by atoms with E-state index >= 15 is 0 Å². The predicted octanol–water partition coefficient (Wildman–Crippen LogP) is 5.96. The number of para-hydroxylation sites is 1. The molecule has 0 spiro atoms. The number of carbonyl (C=O) groups is 3. The maximum Gasteiger partial charge on any atom is 0.417 e. The highest BCUT2D eigenvalue weighted by Gasteiger charge is 2.57. The van der Waals surface area contributed by atoms with E-state index in [4.69, 9.17) is 16.3 Å². The number of alkyl halides is 3. The van der Waals surface area contributed by atoms with Crippen molar-refractivity contribution in [3.63, 3.8) is 0 Å². The maximum absolute atomic E-state index is 14.7. The third-order valence-electron chi connectivity index (χ3n) is 8.53. The van der Waals surface area contributed by atoms with Gasteiger partial charge in [-0.15, -0.1) is 0 Å². The van der Waals surface area contributed by atoms with Gasteiger partial charge in [0.25, 0.3) is 5.91 Å². The summed E-state index contributed by atoms with van der Waals surface area (Å²) < 4.78 is 58.7. The molecule has 0 radical (unpaired) electrons. The Morgan fingerprint density at radius 1 is 1.07 bits per heavy atom. The van der Waals surface area contributed by atoms with Gasteiger partial charge in [-0.2, -0.15) is 13.2 Å². The first-order valence-electron chi connectivity index (χ1n) is 14.5. The number of ether oxygens (including phenoxy) is 1. The lowest BCUT2D eigenvalue weighted by molar-refractivity contribution is -0.138. The highest BCUT2D eigenvalue weighted by atomic mass is 35.5. The molecule has 3 aromatic rings. The zero-order chi connectivity index (χ0) is 32.4. The average Bonchev–Trinajstić information content (AvgIpc) is 3.47. The Kier molecular flexibility index (Phi) is 9.45. The van der Waals surface area contributed by atoms with Crippen molar-refractivity contribution in [2.24, 2.45) is 5.92 Å². The first-order valence-corrected chi connectivity index (χ1v) is 14.9. The number of rotatable bonds is 7. The van der Waals surface area contributed by atoms with Crippen molar-refractivity contribution in [3.05, 3.63) is 94.5 Å². The summed E-state index contributed by atoms with van der Waals surface area (Å²) in [4.78, 5) is 47.9. The van der Waals surface area contributed by atoms with Crippen molar-refractivity contribution in [1.29, 1.82) is 0 Å². The van der Waals surface area contributed by atoms with E-state index in [0.717, 1.165) is 17.7 Å². The molecule has 5 rings (SSSR count). The van der Waals surface area contributed by atoms with E-state index in [-0.39, 0.29) is 56.2 Å². The highest BCUT2D eigenvalue weighted by Crippen LogP contribution is 2.42. The third-order valence-corrected chi connectivity index (χ3v) is 8.79. The van der Waals surface area contributed by atoms with Crippen molar-refractivity contribution in [1.82, 2.24) is 20.1 Å². The number of piperidine rings is 1. The highest BCUT2D eigenvalue weighted by molar-refractivity contribution is 6.30. The monoisotopic (exact) mass is 646 g/mol. The van der Waals surface area contributed by atoms with E-state index in [1.807, 2.05) is 0 Å². The van der Waals surface area contributed by atoms with Crippen LogP contribution in [-0.2, 0) is 11.0 Å². The Balaban J connectivity index is 1.40. The topological polar surface area (TPSA) is 91.8 Å². The lowest BCUT2D eigenvalue weighted by atomic mass is 9.71. The summed E-state index contributed by atoms with van der Waals surface area (Å²) in [6.45, 7) is 2.62. The number of likely N-dealkylation sites (tertiary alicyclic amines) is 1. The maximum atomic E-state index is 14.7.